The average Bonchev–Trinajstić information content (AvgIpc) is 2.44. The number of rotatable bonds is 1. The van der Waals surface area contributed by atoms with Crippen LogP contribution in [0.1, 0.15) is 17.3 Å². The smallest absolute Gasteiger partial charge is 0.143 e. The van der Waals surface area contributed by atoms with Gasteiger partial charge in [-0.2, -0.15) is 0 Å². The Labute approximate surface area is 87.3 Å². The van der Waals surface area contributed by atoms with Crippen molar-refractivity contribution >= 4 is 5.82 Å². The third kappa shape index (κ3) is 1.68. The van der Waals surface area contributed by atoms with Gasteiger partial charge in [-0.3, -0.25) is 0 Å². The Morgan fingerprint density at radius 3 is 2.47 bits per heavy atom. The number of aromatic nitrogens is 3. The Kier molecular flexibility index (Phi) is 2.15. The van der Waals surface area contributed by atoms with E-state index in [0.29, 0.717) is 11.6 Å². The summed E-state index contributed by atoms with van der Waals surface area (Å²) in [5.41, 5.74) is 8.13. The van der Waals surface area contributed by atoms with E-state index in [2.05, 4.69) is 15.1 Å². The van der Waals surface area contributed by atoms with Crippen molar-refractivity contribution in [1.29, 1.82) is 0 Å². The summed E-state index contributed by atoms with van der Waals surface area (Å²) < 4.78 is 5.08. The van der Waals surface area contributed by atoms with Gasteiger partial charge in [-0.25, -0.2) is 9.97 Å². The predicted octanol–water partition coefficient (Wildman–Crippen LogP) is 1.64. The molecule has 5 heteroatoms. The largest absolute Gasteiger partial charge is 0.384 e. The maximum atomic E-state index is 5.66. The molecule has 2 aromatic rings. The fourth-order valence-electron chi connectivity index (χ4n) is 1.57. The maximum absolute atomic E-state index is 5.66. The Balaban J connectivity index is 2.63. The maximum Gasteiger partial charge on any atom is 0.143 e. The molecule has 0 atom stereocenters. The van der Waals surface area contributed by atoms with E-state index in [4.69, 9.17) is 10.3 Å². The highest BCUT2D eigenvalue weighted by Gasteiger charge is 2.13. The molecule has 0 amide bonds. The highest BCUT2D eigenvalue weighted by atomic mass is 16.5. The molecule has 0 aromatic carbocycles. The second-order valence-electron chi connectivity index (χ2n) is 3.42. The molecule has 0 fully saturated rings. The number of anilines is 1. The molecule has 0 bridgehead atoms. The number of aryl methyl sites for hydroxylation is 3. The van der Waals surface area contributed by atoms with Crippen LogP contribution in [0.5, 0.6) is 0 Å². The molecule has 15 heavy (non-hydrogen) atoms. The lowest BCUT2D eigenvalue weighted by Gasteiger charge is -2.02. The van der Waals surface area contributed by atoms with Crippen molar-refractivity contribution in [2.45, 2.75) is 20.8 Å². The van der Waals surface area contributed by atoms with Crippen LogP contribution >= 0.6 is 0 Å². The van der Waals surface area contributed by atoms with Gasteiger partial charge in [0.1, 0.15) is 17.4 Å². The summed E-state index contributed by atoms with van der Waals surface area (Å²) in [6.07, 6.45) is 0. The third-order valence-corrected chi connectivity index (χ3v) is 2.15. The summed E-state index contributed by atoms with van der Waals surface area (Å²) in [4.78, 5) is 8.33. The van der Waals surface area contributed by atoms with E-state index in [9.17, 15) is 0 Å². The first-order valence-corrected chi connectivity index (χ1v) is 4.62. The van der Waals surface area contributed by atoms with Crippen molar-refractivity contribution in [1.82, 2.24) is 15.1 Å². The Morgan fingerprint density at radius 2 is 1.93 bits per heavy atom. The van der Waals surface area contributed by atoms with E-state index in [1.54, 1.807) is 13.0 Å². The first kappa shape index (κ1) is 9.64. The van der Waals surface area contributed by atoms with Crippen molar-refractivity contribution in [3.05, 3.63) is 23.3 Å². The van der Waals surface area contributed by atoms with Crippen molar-refractivity contribution < 1.29 is 4.52 Å². The van der Waals surface area contributed by atoms with Gasteiger partial charge in [0, 0.05) is 6.07 Å². The fourth-order valence-corrected chi connectivity index (χ4v) is 1.57. The zero-order valence-electron chi connectivity index (χ0n) is 8.90. The number of nitrogen functional groups attached to an aromatic ring is 1. The van der Waals surface area contributed by atoms with Gasteiger partial charge in [0.05, 0.1) is 17.0 Å². The van der Waals surface area contributed by atoms with Gasteiger partial charge >= 0.3 is 0 Å². The summed E-state index contributed by atoms with van der Waals surface area (Å²) in [5.74, 6) is 1.84. The van der Waals surface area contributed by atoms with Crippen molar-refractivity contribution in [2.75, 3.05) is 5.73 Å². The highest BCUT2D eigenvalue weighted by molar-refractivity contribution is 5.65. The van der Waals surface area contributed by atoms with Crippen LogP contribution in [0.2, 0.25) is 0 Å². The van der Waals surface area contributed by atoms with E-state index < -0.39 is 0 Å². The molecule has 78 valence electrons. The second kappa shape index (κ2) is 3.34. The Bertz CT molecular complexity index is 464. The first-order chi connectivity index (χ1) is 7.08. The van der Waals surface area contributed by atoms with Gasteiger partial charge in [-0.05, 0) is 20.8 Å². The monoisotopic (exact) mass is 204 g/mol. The fraction of sp³-hybridized carbons (Fsp3) is 0.300. The lowest BCUT2D eigenvalue weighted by Crippen LogP contribution is -1.98. The van der Waals surface area contributed by atoms with Crippen LogP contribution in [0.25, 0.3) is 11.3 Å². The molecule has 0 unspecified atom stereocenters. The molecule has 0 aliphatic heterocycles. The minimum atomic E-state index is 0.456. The molecule has 0 radical (unpaired) electrons. The molecular formula is C10H12N4O. The van der Waals surface area contributed by atoms with Crippen LogP contribution in [0.3, 0.4) is 0 Å². The topological polar surface area (TPSA) is 77.8 Å². The number of nitrogens with two attached hydrogens (primary N) is 1. The molecule has 0 aliphatic carbocycles. The summed E-state index contributed by atoms with van der Waals surface area (Å²) in [6.45, 7) is 5.53. The van der Waals surface area contributed by atoms with E-state index in [1.165, 1.54) is 0 Å². The third-order valence-electron chi connectivity index (χ3n) is 2.15. The standard InChI is InChI=1S/C10H12N4O/c1-5-10(6(2)15-14-5)8-4-9(11)13-7(3)12-8/h4H,1-3H3,(H2,11,12,13). The van der Waals surface area contributed by atoms with Crippen molar-refractivity contribution in [2.24, 2.45) is 0 Å². The number of nitrogens with zero attached hydrogens (tertiary/aromatic N) is 3. The van der Waals surface area contributed by atoms with Crippen LogP contribution < -0.4 is 5.73 Å². The molecule has 0 aliphatic rings. The predicted molar refractivity (Wildman–Crippen MR) is 56.2 cm³/mol. The van der Waals surface area contributed by atoms with Crippen molar-refractivity contribution in [3.63, 3.8) is 0 Å². The summed E-state index contributed by atoms with van der Waals surface area (Å²) in [7, 11) is 0. The summed E-state index contributed by atoms with van der Waals surface area (Å²) >= 11 is 0. The molecule has 0 spiro atoms. The van der Waals surface area contributed by atoms with Gasteiger partial charge in [-0.1, -0.05) is 5.16 Å². The molecule has 0 saturated carbocycles. The average molecular weight is 204 g/mol. The molecular weight excluding hydrogens is 192 g/mol. The Hall–Kier alpha value is -1.91. The molecule has 2 aromatic heterocycles. The first-order valence-electron chi connectivity index (χ1n) is 4.62. The highest BCUT2D eigenvalue weighted by Crippen LogP contribution is 2.25. The van der Waals surface area contributed by atoms with Crippen LogP contribution in [0.4, 0.5) is 5.82 Å². The summed E-state index contributed by atoms with van der Waals surface area (Å²) in [5, 5.41) is 3.88. The van der Waals surface area contributed by atoms with Gasteiger partial charge < -0.3 is 10.3 Å². The molecule has 5 nitrogen and oxygen atoms in total. The van der Waals surface area contributed by atoms with E-state index in [1.807, 2.05) is 13.8 Å². The molecule has 2 N–H and O–H groups in total. The lowest BCUT2D eigenvalue weighted by molar-refractivity contribution is 0.393. The normalized spacial score (nSPS) is 10.6. The molecule has 0 saturated heterocycles. The number of hydrogen-bond acceptors (Lipinski definition) is 5. The van der Waals surface area contributed by atoms with Crippen LogP contribution in [-0.2, 0) is 0 Å². The quantitative estimate of drug-likeness (QED) is 0.763. The zero-order chi connectivity index (χ0) is 11.0. The minimum absolute atomic E-state index is 0.456. The minimum Gasteiger partial charge on any atom is -0.384 e. The number of hydrogen-bond donors (Lipinski definition) is 1. The van der Waals surface area contributed by atoms with E-state index in [0.717, 1.165) is 22.7 Å². The van der Waals surface area contributed by atoms with Gasteiger partial charge in [0.2, 0.25) is 0 Å². The van der Waals surface area contributed by atoms with Crippen LogP contribution in [0.15, 0.2) is 10.6 Å². The molecule has 2 rings (SSSR count). The van der Waals surface area contributed by atoms with Gasteiger partial charge in [0.25, 0.3) is 0 Å². The van der Waals surface area contributed by atoms with E-state index >= 15 is 0 Å². The summed E-state index contributed by atoms with van der Waals surface area (Å²) in [6, 6.07) is 1.72. The van der Waals surface area contributed by atoms with Crippen LogP contribution in [0, 0.1) is 20.8 Å². The zero-order valence-corrected chi connectivity index (χ0v) is 8.90. The van der Waals surface area contributed by atoms with Crippen molar-refractivity contribution in [3.8, 4) is 11.3 Å². The van der Waals surface area contributed by atoms with Gasteiger partial charge in [-0.15, -0.1) is 0 Å². The molecule has 2 heterocycles. The Morgan fingerprint density at radius 1 is 1.20 bits per heavy atom. The van der Waals surface area contributed by atoms with Crippen LogP contribution in [-0.4, -0.2) is 15.1 Å². The van der Waals surface area contributed by atoms with E-state index in [-0.39, 0.29) is 0 Å². The lowest BCUT2D eigenvalue weighted by atomic mass is 10.1. The SMILES string of the molecule is Cc1nc(N)cc(-c2c(C)noc2C)n1. The van der Waals surface area contributed by atoms with Gasteiger partial charge in [0.15, 0.2) is 0 Å². The second-order valence-corrected chi connectivity index (χ2v) is 3.42.